The molecule has 0 aliphatic carbocycles. The van der Waals surface area contributed by atoms with Crippen molar-refractivity contribution in [3.63, 3.8) is 0 Å². The van der Waals surface area contributed by atoms with Crippen LogP contribution in [0, 0.1) is 12.8 Å². The molecule has 0 radical (unpaired) electrons. The van der Waals surface area contributed by atoms with Crippen molar-refractivity contribution in [2.75, 3.05) is 40.3 Å². The second-order valence-corrected chi connectivity index (χ2v) is 10.8. The standard InChI is InChI=1S/C30H40ClN3O4/c1-21(2)27-30(37)32(4)16-8-9-17-34(29(36)24-13-7-6-12-22(24)3)18-10-11-19-38-26-15-14-23(31)20-25(26)28(35)33(27)5/h6-7,12-15,20-21,27H,8-11,16-19H2,1-5H3/t27-/m0/s1. The summed E-state index contributed by atoms with van der Waals surface area (Å²) >= 11 is 6.24. The van der Waals surface area contributed by atoms with Gasteiger partial charge in [0.05, 0.1) is 12.2 Å². The summed E-state index contributed by atoms with van der Waals surface area (Å²) in [5, 5.41) is 0.426. The zero-order chi connectivity index (χ0) is 27.8. The van der Waals surface area contributed by atoms with E-state index in [-0.39, 0.29) is 23.6 Å². The Hall–Kier alpha value is -3.06. The lowest BCUT2D eigenvalue weighted by molar-refractivity contribution is -0.136. The van der Waals surface area contributed by atoms with Gasteiger partial charge in [0.15, 0.2) is 0 Å². The van der Waals surface area contributed by atoms with Gasteiger partial charge in [0, 0.05) is 44.3 Å². The highest BCUT2D eigenvalue weighted by Crippen LogP contribution is 2.26. The Bertz CT molecular complexity index is 1140. The van der Waals surface area contributed by atoms with Crippen molar-refractivity contribution in [2.24, 2.45) is 5.92 Å². The van der Waals surface area contributed by atoms with E-state index in [4.69, 9.17) is 16.3 Å². The molecule has 0 fully saturated rings. The lowest BCUT2D eigenvalue weighted by Gasteiger charge is -2.33. The predicted octanol–water partition coefficient (Wildman–Crippen LogP) is 5.30. The Morgan fingerprint density at radius 3 is 2.32 bits per heavy atom. The summed E-state index contributed by atoms with van der Waals surface area (Å²) in [6.45, 7) is 7.99. The minimum atomic E-state index is -0.630. The largest absolute Gasteiger partial charge is 0.493 e. The number of hydrogen-bond acceptors (Lipinski definition) is 4. The molecule has 206 valence electrons. The molecule has 38 heavy (non-hydrogen) atoms. The number of ether oxygens (including phenoxy) is 1. The van der Waals surface area contributed by atoms with Crippen molar-refractivity contribution in [3.05, 3.63) is 64.2 Å². The molecule has 1 aliphatic rings. The van der Waals surface area contributed by atoms with Crippen LogP contribution in [0.15, 0.2) is 42.5 Å². The summed E-state index contributed by atoms with van der Waals surface area (Å²) in [5.41, 5.74) is 2.01. The maximum Gasteiger partial charge on any atom is 0.258 e. The molecular weight excluding hydrogens is 502 g/mol. The van der Waals surface area contributed by atoms with Crippen molar-refractivity contribution >= 4 is 29.3 Å². The molecule has 0 saturated carbocycles. The molecular formula is C30H40ClN3O4. The first-order valence-electron chi connectivity index (χ1n) is 13.4. The lowest BCUT2D eigenvalue weighted by atomic mass is 10.00. The van der Waals surface area contributed by atoms with Gasteiger partial charge in [-0.15, -0.1) is 0 Å². The maximum atomic E-state index is 13.6. The number of carbonyl (C=O) groups is 3. The van der Waals surface area contributed by atoms with Crippen LogP contribution in [0.4, 0.5) is 0 Å². The highest BCUT2D eigenvalue weighted by molar-refractivity contribution is 6.31. The topological polar surface area (TPSA) is 70.2 Å². The van der Waals surface area contributed by atoms with E-state index in [1.807, 2.05) is 49.9 Å². The summed E-state index contributed by atoms with van der Waals surface area (Å²) in [4.78, 5) is 45.5. The molecule has 7 nitrogen and oxygen atoms in total. The van der Waals surface area contributed by atoms with Crippen LogP contribution in [0.25, 0.3) is 0 Å². The average molecular weight is 542 g/mol. The fraction of sp³-hybridized carbons (Fsp3) is 0.500. The molecule has 0 bridgehead atoms. The maximum absolute atomic E-state index is 13.6. The summed E-state index contributed by atoms with van der Waals surface area (Å²) in [6, 6.07) is 12.0. The lowest BCUT2D eigenvalue weighted by Crippen LogP contribution is -2.51. The Kier molecular flexibility index (Phi) is 10.6. The number of fused-ring (bicyclic) bond motifs is 1. The second kappa shape index (κ2) is 13.7. The molecule has 3 amide bonds. The number of benzene rings is 2. The molecule has 0 aromatic heterocycles. The normalized spacial score (nSPS) is 18.7. The zero-order valence-corrected chi connectivity index (χ0v) is 24.0. The van der Waals surface area contributed by atoms with Gasteiger partial charge >= 0.3 is 0 Å². The van der Waals surface area contributed by atoms with Crippen LogP contribution < -0.4 is 4.74 Å². The van der Waals surface area contributed by atoms with Gasteiger partial charge in [-0.3, -0.25) is 14.4 Å². The van der Waals surface area contributed by atoms with Crippen molar-refractivity contribution < 1.29 is 19.1 Å². The number of hydrogen-bond donors (Lipinski definition) is 0. The van der Waals surface area contributed by atoms with Gasteiger partial charge in [-0.05, 0) is 68.4 Å². The number of nitrogens with zero attached hydrogens (tertiary/aromatic N) is 3. The molecule has 1 aliphatic heterocycles. The number of carbonyl (C=O) groups excluding carboxylic acids is 3. The van der Waals surface area contributed by atoms with Crippen molar-refractivity contribution in [1.82, 2.24) is 14.7 Å². The van der Waals surface area contributed by atoms with Crippen LogP contribution in [-0.2, 0) is 4.79 Å². The number of rotatable bonds is 2. The Morgan fingerprint density at radius 2 is 1.63 bits per heavy atom. The quantitative estimate of drug-likeness (QED) is 0.517. The van der Waals surface area contributed by atoms with Gasteiger partial charge in [0.1, 0.15) is 11.8 Å². The first kappa shape index (κ1) is 29.5. The van der Waals surface area contributed by atoms with E-state index in [9.17, 15) is 14.4 Å². The Morgan fingerprint density at radius 1 is 0.974 bits per heavy atom. The van der Waals surface area contributed by atoms with E-state index in [1.54, 1.807) is 37.2 Å². The summed E-state index contributed by atoms with van der Waals surface area (Å²) in [5.74, 6) is -0.0447. The van der Waals surface area contributed by atoms with E-state index >= 15 is 0 Å². The molecule has 0 spiro atoms. The van der Waals surface area contributed by atoms with Crippen LogP contribution >= 0.6 is 11.6 Å². The van der Waals surface area contributed by atoms with Crippen LogP contribution in [0.1, 0.15) is 65.8 Å². The van der Waals surface area contributed by atoms with Gasteiger partial charge in [-0.1, -0.05) is 43.6 Å². The summed E-state index contributed by atoms with van der Waals surface area (Å²) < 4.78 is 6.03. The van der Waals surface area contributed by atoms with E-state index < -0.39 is 6.04 Å². The highest BCUT2D eigenvalue weighted by atomic mass is 35.5. The van der Waals surface area contributed by atoms with E-state index in [2.05, 4.69) is 0 Å². The number of likely N-dealkylation sites (N-methyl/N-ethyl adjacent to an activating group) is 2. The third kappa shape index (κ3) is 7.28. The second-order valence-electron chi connectivity index (χ2n) is 10.4. The van der Waals surface area contributed by atoms with Gasteiger partial charge in [-0.25, -0.2) is 0 Å². The first-order valence-corrected chi connectivity index (χ1v) is 13.8. The molecule has 3 rings (SSSR count). The van der Waals surface area contributed by atoms with E-state index in [0.29, 0.717) is 48.1 Å². The third-order valence-electron chi connectivity index (χ3n) is 7.08. The molecule has 0 unspecified atom stereocenters. The first-order chi connectivity index (χ1) is 18.1. The third-order valence-corrected chi connectivity index (χ3v) is 7.32. The molecule has 1 heterocycles. The SMILES string of the molecule is Cc1ccccc1C(=O)N1CCCCOc2ccc(Cl)cc2C(=O)N(C)[C@@H](C(C)C)C(=O)N(C)CCCC1. The zero-order valence-electron chi connectivity index (χ0n) is 23.2. The van der Waals surface area contributed by atoms with E-state index in [0.717, 1.165) is 31.2 Å². The molecule has 8 heteroatoms. The molecule has 1 atom stereocenters. The minimum absolute atomic E-state index is 0.0263. The fourth-order valence-corrected chi connectivity index (χ4v) is 5.05. The van der Waals surface area contributed by atoms with Crippen LogP contribution in [-0.4, -0.2) is 78.8 Å². The van der Waals surface area contributed by atoms with Crippen molar-refractivity contribution in [3.8, 4) is 5.75 Å². The summed E-state index contributed by atoms with van der Waals surface area (Å²) in [6.07, 6.45) is 3.02. The molecule has 0 N–H and O–H groups in total. The van der Waals surface area contributed by atoms with E-state index in [1.165, 1.54) is 4.90 Å². The van der Waals surface area contributed by atoms with Crippen molar-refractivity contribution in [2.45, 2.75) is 52.5 Å². The minimum Gasteiger partial charge on any atom is -0.493 e. The monoisotopic (exact) mass is 541 g/mol. The number of amides is 3. The van der Waals surface area contributed by atoms with Crippen LogP contribution in [0.5, 0.6) is 5.75 Å². The predicted molar refractivity (Wildman–Crippen MR) is 151 cm³/mol. The molecule has 2 aromatic carbocycles. The average Bonchev–Trinajstić information content (AvgIpc) is 2.89. The van der Waals surface area contributed by atoms with Gasteiger partial charge in [-0.2, -0.15) is 0 Å². The molecule has 2 aromatic rings. The van der Waals surface area contributed by atoms with Gasteiger partial charge < -0.3 is 19.4 Å². The highest BCUT2D eigenvalue weighted by Gasteiger charge is 2.33. The Labute approximate surface area is 231 Å². The van der Waals surface area contributed by atoms with Crippen molar-refractivity contribution in [1.29, 1.82) is 0 Å². The van der Waals surface area contributed by atoms with Gasteiger partial charge in [0.25, 0.3) is 11.8 Å². The Balaban J connectivity index is 1.87. The number of halogens is 1. The fourth-order valence-electron chi connectivity index (χ4n) is 4.88. The smallest absolute Gasteiger partial charge is 0.258 e. The number of aryl methyl sites for hydroxylation is 1. The van der Waals surface area contributed by atoms with Crippen LogP contribution in [0.2, 0.25) is 5.02 Å². The molecule has 0 saturated heterocycles. The van der Waals surface area contributed by atoms with Crippen LogP contribution in [0.3, 0.4) is 0 Å². The summed E-state index contributed by atoms with van der Waals surface area (Å²) in [7, 11) is 3.43. The van der Waals surface area contributed by atoms with Gasteiger partial charge in [0.2, 0.25) is 5.91 Å².